The van der Waals surface area contributed by atoms with Crippen LogP contribution in [0.4, 0.5) is 4.79 Å². The standard InChI is InChI=1S/C23H28N2O4/c1-17(2)28-23(27)25-13-11-20(12-14-25)29-21-10-6-9-19(15-21)22(26)24-16-18-7-4-3-5-8-18/h3-10,15,17,20H,11-14,16H2,1-2H3,(H,24,26). The van der Waals surface area contributed by atoms with Crippen molar-refractivity contribution in [2.45, 2.75) is 45.4 Å². The SMILES string of the molecule is CC(C)OC(=O)N1CCC(Oc2cccc(C(=O)NCc3ccccc3)c2)CC1. The number of nitrogens with one attached hydrogen (secondary N) is 1. The van der Waals surface area contributed by atoms with Gasteiger partial charge in [-0.1, -0.05) is 36.4 Å². The number of hydrogen-bond acceptors (Lipinski definition) is 4. The van der Waals surface area contributed by atoms with Crippen molar-refractivity contribution in [2.75, 3.05) is 13.1 Å². The number of ether oxygens (including phenoxy) is 2. The van der Waals surface area contributed by atoms with Gasteiger partial charge in [-0.15, -0.1) is 0 Å². The highest BCUT2D eigenvalue weighted by Crippen LogP contribution is 2.21. The summed E-state index contributed by atoms with van der Waals surface area (Å²) in [6, 6.07) is 17.0. The predicted molar refractivity (Wildman–Crippen MR) is 111 cm³/mol. The predicted octanol–water partition coefficient (Wildman–Crippen LogP) is 4.00. The van der Waals surface area contributed by atoms with Crippen LogP contribution in [0.25, 0.3) is 0 Å². The zero-order chi connectivity index (χ0) is 20.6. The van der Waals surface area contributed by atoms with Crippen molar-refractivity contribution >= 4 is 12.0 Å². The monoisotopic (exact) mass is 396 g/mol. The maximum atomic E-state index is 12.4. The number of carbonyl (C=O) groups is 2. The maximum absolute atomic E-state index is 12.4. The van der Waals surface area contributed by atoms with Gasteiger partial charge in [-0.3, -0.25) is 4.79 Å². The van der Waals surface area contributed by atoms with Gasteiger partial charge in [-0.2, -0.15) is 0 Å². The molecule has 1 saturated heterocycles. The lowest BCUT2D eigenvalue weighted by Crippen LogP contribution is -2.42. The van der Waals surface area contributed by atoms with Crippen LogP contribution in [0.15, 0.2) is 54.6 Å². The Bertz CT molecular complexity index is 815. The number of likely N-dealkylation sites (tertiary alicyclic amines) is 1. The van der Waals surface area contributed by atoms with E-state index in [1.54, 1.807) is 17.0 Å². The molecule has 6 nitrogen and oxygen atoms in total. The fraction of sp³-hybridized carbons (Fsp3) is 0.391. The first-order valence-corrected chi connectivity index (χ1v) is 10.1. The van der Waals surface area contributed by atoms with Crippen LogP contribution < -0.4 is 10.1 Å². The number of amides is 2. The Morgan fingerprint density at radius 2 is 1.79 bits per heavy atom. The first-order chi connectivity index (χ1) is 14.0. The second kappa shape index (κ2) is 9.96. The van der Waals surface area contributed by atoms with Gasteiger partial charge in [-0.05, 0) is 37.6 Å². The average Bonchev–Trinajstić information content (AvgIpc) is 2.73. The van der Waals surface area contributed by atoms with Crippen molar-refractivity contribution in [3.63, 3.8) is 0 Å². The van der Waals surface area contributed by atoms with E-state index in [1.165, 1.54) is 0 Å². The van der Waals surface area contributed by atoms with Gasteiger partial charge in [0.2, 0.25) is 0 Å². The van der Waals surface area contributed by atoms with E-state index in [0.29, 0.717) is 30.9 Å². The molecule has 2 amide bonds. The Hall–Kier alpha value is -3.02. The van der Waals surface area contributed by atoms with Gasteiger partial charge in [-0.25, -0.2) is 4.79 Å². The van der Waals surface area contributed by atoms with Crippen molar-refractivity contribution in [3.05, 3.63) is 65.7 Å². The second-order valence-corrected chi connectivity index (χ2v) is 7.43. The highest BCUT2D eigenvalue weighted by molar-refractivity contribution is 5.94. The molecule has 154 valence electrons. The number of hydrogen-bond donors (Lipinski definition) is 1. The van der Waals surface area contributed by atoms with Crippen LogP contribution in [0.5, 0.6) is 5.75 Å². The molecule has 1 aliphatic heterocycles. The summed E-state index contributed by atoms with van der Waals surface area (Å²) in [6.45, 7) is 5.38. The Morgan fingerprint density at radius 3 is 2.48 bits per heavy atom. The topological polar surface area (TPSA) is 67.9 Å². The van der Waals surface area contributed by atoms with Gasteiger partial charge >= 0.3 is 6.09 Å². The molecule has 2 aromatic rings. The molecule has 0 atom stereocenters. The Balaban J connectivity index is 1.50. The van der Waals surface area contributed by atoms with Crippen LogP contribution >= 0.6 is 0 Å². The third-order valence-electron chi connectivity index (χ3n) is 4.73. The van der Waals surface area contributed by atoms with Gasteiger partial charge < -0.3 is 19.7 Å². The summed E-state index contributed by atoms with van der Waals surface area (Å²) in [6.07, 6.45) is 1.10. The fourth-order valence-electron chi connectivity index (χ4n) is 3.22. The summed E-state index contributed by atoms with van der Waals surface area (Å²) in [5.41, 5.74) is 1.62. The minimum atomic E-state index is -0.268. The van der Waals surface area contributed by atoms with Crippen LogP contribution in [0, 0.1) is 0 Å². The number of benzene rings is 2. The Kier molecular flexibility index (Phi) is 7.11. The normalized spacial score (nSPS) is 14.5. The van der Waals surface area contributed by atoms with E-state index in [2.05, 4.69) is 5.32 Å². The van der Waals surface area contributed by atoms with E-state index in [1.807, 2.05) is 56.3 Å². The Labute approximate surface area is 171 Å². The van der Waals surface area contributed by atoms with E-state index in [-0.39, 0.29) is 24.2 Å². The molecule has 1 fully saturated rings. The number of nitrogens with zero attached hydrogens (tertiary/aromatic N) is 1. The van der Waals surface area contributed by atoms with Crippen LogP contribution in [-0.2, 0) is 11.3 Å². The van der Waals surface area contributed by atoms with Crippen molar-refractivity contribution in [1.82, 2.24) is 10.2 Å². The Morgan fingerprint density at radius 1 is 1.07 bits per heavy atom. The molecule has 29 heavy (non-hydrogen) atoms. The lowest BCUT2D eigenvalue weighted by Gasteiger charge is -2.32. The molecule has 0 radical (unpaired) electrons. The van der Waals surface area contributed by atoms with Gasteiger partial charge in [0.15, 0.2) is 0 Å². The van der Waals surface area contributed by atoms with Gasteiger partial charge in [0.05, 0.1) is 6.10 Å². The molecule has 0 bridgehead atoms. The quantitative estimate of drug-likeness (QED) is 0.801. The summed E-state index contributed by atoms with van der Waals surface area (Å²) in [7, 11) is 0. The number of carbonyl (C=O) groups excluding carboxylic acids is 2. The van der Waals surface area contributed by atoms with Gasteiger partial charge in [0.25, 0.3) is 5.91 Å². The van der Waals surface area contributed by atoms with Crippen molar-refractivity contribution < 1.29 is 19.1 Å². The summed E-state index contributed by atoms with van der Waals surface area (Å²) in [5, 5.41) is 2.93. The van der Waals surface area contributed by atoms with Crippen LogP contribution in [0.3, 0.4) is 0 Å². The molecule has 0 aromatic heterocycles. The van der Waals surface area contributed by atoms with Crippen molar-refractivity contribution in [2.24, 2.45) is 0 Å². The minimum Gasteiger partial charge on any atom is -0.490 e. The summed E-state index contributed by atoms with van der Waals surface area (Å²) < 4.78 is 11.3. The summed E-state index contributed by atoms with van der Waals surface area (Å²) >= 11 is 0. The number of rotatable bonds is 6. The molecule has 0 unspecified atom stereocenters. The largest absolute Gasteiger partial charge is 0.490 e. The van der Waals surface area contributed by atoms with Crippen molar-refractivity contribution in [3.8, 4) is 5.75 Å². The lowest BCUT2D eigenvalue weighted by atomic mass is 10.1. The van der Waals surface area contributed by atoms with Gasteiger partial charge in [0, 0.05) is 38.0 Å². The maximum Gasteiger partial charge on any atom is 0.410 e. The highest BCUT2D eigenvalue weighted by atomic mass is 16.6. The molecule has 6 heteroatoms. The zero-order valence-corrected chi connectivity index (χ0v) is 17.0. The third-order valence-corrected chi connectivity index (χ3v) is 4.73. The average molecular weight is 396 g/mol. The van der Waals surface area contributed by atoms with Gasteiger partial charge in [0.1, 0.15) is 11.9 Å². The van der Waals surface area contributed by atoms with E-state index in [9.17, 15) is 9.59 Å². The highest BCUT2D eigenvalue weighted by Gasteiger charge is 2.25. The summed E-state index contributed by atoms with van der Waals surface area (Å²) in [4.78, 5) is 26.1. The molecule has 2 aromatic carbocycles. The smallest absolute Gasteiger partial charge is 0.410 e. The molecular weight excluding hydrogens is 368 g/mol. The van der Waals surface area contributed by atoms with Crippen LogP contribution in [0.1, 0.15) is 42.6 Å². The first-order valence-electron chi connectivity index (χ1n) is 10.1. The summed E-state index contributed by atoms with van der Waals surface area (Å²) in [5.74, 6) is 0.533. The van der Waals surface area contributed by atoms with Crippen LogP contribution in [0.2, 0.25) is 0 Å². The molecule has 1 N–H and O–H groups in total. The van der Waals surface area contributed by atoms with E-state index in [4.69, 9.17) is 9.47 Å². The molecule has 1 aliphatic rings. The van der Waals surface area contributed by atoms with E-state index in [0.717, 1.165) is 18.4 Å². The minimum absolute atomic E-state index is 0.0146. The zero-order valence-electron chi connectivity index (χ0n) is 17.0. The molecule has 0 spiro atoms. The van der Waals surface area contributed by atoms with E-state index < -0.39 is 0 Å². The fourth-order valence-corrected chi connectivity index (χ4v) is 3.22. The second-order valence-electron chi connectivity index (χ2n) is 7.43. The third kappa shape index (κ3) is 6.24. The lowest BCUT2D eigenvalue weighted by molar-refractivity contribution is 0.0516. The van der Waals surface area contributed by atoms with E-state index >= 15 is 0 Å². The first kappa shape index (κ1) is 20.7. The molecule has 1 heterocycles. The van der Waals surface area contributed by atoms with Crippen molar-refractivity contribution in [1.29, 1.82) is 0 Å². The molecule has 0 saturated carbocycles. The molecule has 3 rings (SSSR count). The molecular formula is C23H28N2O4. The number of piperidine rings is 1. The molecule has 0 aliphatic carbocycles. The van der Waals surface area contributed by atoms with Crippen LogP contribution in [-0.4, -0.2) is 42.2 Å².